The van der Waals surface area contributed by atoms with Crippen molar-refractivity contribution >= 4 is 0 Å². The molecule has 0 amide bonds. The molecule has 1 aromatic heterocycles. The van der Waals surface area contributed by atoms with Crippen LogP contribution in [-0.2, 0) is 6.54 Å². The lowest BCUT2D eigenvalue weighted by atomic mass is 9.92. The maximum absolute atomic E-state index is 5.93. The highest BCUT2D eigenvalue weighted by Gasteiger charge is 2.18. The van der Waals surface area contributed by atoms with E-state index in [4.69, 9.17) is 10.2 Å². The zero-order chi connectivity index (χ0) is 10.7. The fourth-order valence-corrected chi connectivity index (χ4v) is 2.24. The first-order valence-electron chi connectivity index (χ1n) is 5.78. The van der Waals surface area contributed by atoms with Crippen LogP contribution in [0.2, 0.25) is 0 Å². The Balaban J connectivity index is 1.77. The smallest absolute Gasteiger partial charge is 0.117 e. The summed E-state index contributed by atoms with van der Waals surface area (Å²) in [7, 11) is 0. The van der Waals surface area contributed by atoms with E-state index < -0.39 is 0 Å². The molecular formula is C12H20N2O. The summed E-state index contributed by atoms with van der Waals surface area (Å²) in [6.07, 6.45) is 4.77. The molecule has 0 aliphatic heterocycles. The van der Waals surface area contributed by atoms with Gasteiger partial charge >= 0.3 is 0 Å². The van der Waals surface area contributed by atoms with Crippen LogP contribution < -0.4 is 11.1 Å². The quantitative estimate of drug-likeness (QED) is 0.798. The summed E-state index contributed by atoms with van der Waals surface area (Å²) in [6.45, 7) is 2.80. The van der Waals surface area contributed by atoms with Crippen molar-refractivity contribution in [1.82, 2.24) is 5.32 Å². The van der Waals surface area contributed by atoms with Gasteiger partial charge in [-0.2, -0.15) is 0 Å². The highest BCUT2D eigenvalue weighted by Crippen LogP contribution is 2.17. The van der Waals surface area contributed by atoms with Crippen LogP contribution in [0.1, 0.15) is 37.2 Å². The Hall–Kier alpha value is -0.800. The van der Waals surface area contributed by atoms with Crippen LogP contribution in [0, 0.1) is 6.92 Å². The minimum absolute atomic E-state index is 0.384. The second-order valence-electron chi connectivity index (χ2n) is 4.52. The fraction of sp³-hybridized carbons (Fsp3) is 0.667. The highest BCUT2D eigenvalue weighted by molar-refractivity contribution is 5.05. The monoisotopic (exact) mass is 208 g/mol. The molecule has 1 aliphatic carbocycles. The number of nitrogens with one attached hydrogen (secondary N) is 1. The molecule has 2 unspecified atom stereocenters. The number of hydrogen-bond acceptors (Lipinski definition) is 3. The maximum Gasteiger partial charge on any atom is 0.117 e. The summed E-state index contributed by atoms with van der Waals surface area (Å²) in [5.74, 6) is 2.00. The van der Waals surface area contributed by atoms with Crippen LogP contribution in [0.25, 0.3) is 0 Å². The Labute approximate surface area is 91.0 Å². The minimum Gasteiger partial charge on any atom is -0.465 e. The molecule has 2 rings (SSSR count). The molecule has 0 spiro atoms. The predicted molar refractivity (Wildman–Crippen MR) is 60.5 cm³/mol. The van der Waals surface area contributed by atoms with Crippen molar-refractivity contribution in [2.75, 3.05) is 0 Å². The van der Waals surface area contributed by atoms with Crippen LogP contribution in [0.4, 0.5) is 0 Å². The first-order valence-corrected chi connectivity index (χ1v) is 5.78. The van der Waals surface area contributed by atoms with Gasteiger partial charge in [0, 0.05) is 12.1 Å². The average molecular weight is 208 g/mol. The Morgan fingerprint density at radius 3 is 3.00 bits per heavy atom. The summed E-state index contributed by atoms with van der Waals surface area (Å²) in [4.78, 5) is 0. The molecule has 15 heavy (non-hydrogen) atoms. The van der Waals surface area contributed by atoms with Crippen LogP contribution in [-0.4, -0.2) is 12.1 Å². The zero-order valence-electron chi connectivity index (χ0n) is 9.33. The molecule has 0 radical (unpaired) electrons. The maximum atomic E-state index is 5.93. The Bertz CT molecular complexity index is 308. The van der Waals surface area contributed by atoms with Gasteiger partial charge in [0.1, 0.15) is 11.5 Å². The van der Waals surface area contributed by atoms with Crippen molar-refractivity contribution in [1.29, 1.82) is 0 Å². The number of hydrogen-bond donors (Lipinski definition) is 2. The molecule has 1 aromatic rings. The van der Waals surface area contributed by atoms with Gasteiger partial charge in [0.15, 0.2) is 0 Å². The van der Waals surface area contributed by atoms with Gasteiger partial charge in [0.05, 0.1) is 6.54 Å². The lowest BCUT2D eigenvalue weighted by Gasteiger charge is -2.27. The van der Waals surface area contributed by atoms with Crippen molar-refractivity contribution in [3.05, 3.63) is 23.7 Å². The molecule has 0 aromatic carbocycles. The molecule has 3 nitrogen and oxygen atoms in total. The fourth-order valence-electron chi connectivity index (χ4n) is 2.24. The van der Waals surface area contributed by atoms with E-state index in [-0.39, 0.29) is 0 Å². The summed E-state index contributed by atoms with van der Waals surface area (Å²) >= 11 is 0. The molecule has 3 N–H and O–H groups in total. The van der Waals surface area contributed by atoms with Crippen molar-refractivity contribution in [3.8, 4) is 0 Å². The topological polar surface area (TPSA) is 51.2 Å². The lowest BCUT2D eigenvalue weighted by molar-refractivity contribution is 0.327. The van der Waals surface area contributed by atoms with E-state index >= 15 is 0 Å². The van der Waals surface area contributed by atoms with Gasteiger partial charge in [0.25, 0.3) is 0 Å². The summed E-state index contributed by atoms with van der Waals surface area (Å²) in [5, 5.41) is 3.51. The van der Waals surface area contributed by atoms with Gasteiger partial charge in [-0.15, -0.1) is 0 Å². The molecule has 0 saturated heterocycles. The standard InChI is InChI=1S/C12H20N2O/c1-9-5-6-12(15-9)8-14-11-4-2-3-10(13)7-11/h5-6,10-11,14H,2-4,7-8,13H2,1H3. The first-order chi connectivity index (χ1) is 7.24. The van der Waals surface area contributed by atoms with Gasteiger partial charge in [-0.25, -0.2) is 0 Å². The zero-order valence-corrected chi connectivity index (χ0v) is 9.33. The van der Waals surface area contributed by atoms with Crippen LogP contribution in [0.3, 0.4) is 0 Å². The van der Waals surface area contributed by atoms with Crippen molar-refractivity contribution in [2.24, 2.45) is 5.73 Å². The van der Waals surface area contributed by atoms with Crippen molar-refractivity contribution in [2.45, 2.75) is 51.2 Å². The van der Waals surface area contributed by atoms with E-state index in [2.05, 4.69) is 5.32 Å². The molecule has 1 aliphatic rings. The third-order valence-corrected chi connectivity index (χ3v) is 3.08. The number of nitrogens with two attached hydrogens (primary N) is 1. The predicted octanol–water partition coefficient (Wildman–Crippen LogP) is 1.95. The lowest BCUT2D eigenvalue weighted by Crippen LogP contribution is -2.38. The molecular weight excluding hydrogens is 188 g/mol. The van der Waals surface area contributed by atoms with Gasteiger partial charge in [0.2, 0.25) is 0 Å². The van der Waals surface area contributed by atoms with Gasteiger partial charge in [-0.1, -0.05) is 6.42 Å². The van der Waals surface area contributed by atoms with Crippen LogP contribution in [0.5, 0.6) is 0 Å². The third kappa shape index (κ3) is 3.08. The van der Waals surface area contributed by atoms with Gasteiger partial charge in [-0.3, -0.25) is 0 Å². The SMILES string of the molecule is Cc1ccc(CNC2CCCC(N)C2)o1. The highest BCUT2D eigenvalue weighted by atomic mass is 16.3. The number of aryl methyl sites for hydroxylation is 1. The van der Waals surface area contributed by atoms with Gasteiger partial charge in [-0.05, 0) is 38.3 Å². The van der Waals surface area contributed by atoms with E-state index in [1.807, 2.05) is 19.1 Å². The van der Waals surface area contributed by atoms with Crippen molar-refractivity contribution in [3.63, 3.8) is 0 Å². The summed E-state index contributed by atoms with van der Waals surface area (Å²) in [5.41, 5.74) is 5.93. The van der Waals surface area contributed by atoms with E-state index in [1.54, 1.807) is 0 Å². The Morgan fingerprint density at radius 2 is 2.33 bits per heavy atom. The molecule has 2 atom stereocenters. The molecule has 3 heteroatoms. The molecule has 1 fully saturated rings. The second-order valence-corrected chi connectivity index (χ2v) is 4.52. The average Bonchev–Trinajstić information content (AvgIpc) is 2.62. The molecule has 1 saturated carbocycles. The second kappa shape index (κ2) is 4.81. The third-order valence-electron chi connectivity index (χ3n) is 3.08. The minimum atomic E-state index is 0.384. The van der Waals surface area contributed by atoms with Gasteiger partial charge < -0.3 is 15.5 Å². The number of rotatable bonds is 3. The molecule has 0 bridgehead atoms. The number of furan rings is 1. The molecule has 1 heterocycles. The van der Waals surface area contributed by atoms with Crippen LogP contribution in [0.15, 0.2) is 16.5 Å². The summed E-state index contributed by atoms with van der Waals surface area (Å²) in [6, 6.07) is 4.99. The molecule has 84 valence electrons. The normalized spacial score (nSPS) is 26.8. The van der Waals surface area contributed by atoms with Crippen LogP contribution >= 0.6 is 0 Å². The Morgan fingerprint density at radius 1 is 1.47 bits per heavy atom. The Kier molecular flexibility index (Phi) is 3.44. The van der Waals surface area contributed by atoms with E-state index in [1.165, 1.54) is 19.3 Å². The largest absolute Gasteiger partial charge is 0.465 e. The van der Waals surface area contributed by atoms with E-state index in [0.29, 0.717) is 12.1 Å². The van der Waals surface area contributed by atoms with Crippen molar-refractivity contribution < 1.29 is 4.42 Å². The summed E-state index contributed by atoms with van der Waals surface area (Å²) < 4.78 is 5.51. The van der Waals surface area contributed by atoms with E-state index in [9.17, 15) is 0 Å². The van der Waals surface area contributed by atoms with E-state index in [0.717, 1.165) is 24.5 Å². The first kappa shape index (κ1) is 10.7.